The van der Waals surface area contributed by atoms with Crippen LogP contribution in [0.5, 0.6) is 0 Å². The van der Waals surface area contributed by atoms with Crippen molar-refractivity contribution in [3.63, 3.8) is 0 Å². The second-order valence-electron chi connectivity index (χ2n) is 6.72. The number of benzene rings is 1. The molecule has 0 amide bonds. The summed E-state index contributed by atoms with van der Waals surface area (Å²) in [6.07, 6.45) is 16.6. The number of carboxylic acid groups (broad SMARTS) is 1. The van der Waals surface area contributed by atoms with Gasteiger partial charge in [-0.25, -0.2) is 9.79 Å². The van der Waals surface area contributed by atoms with E-state index in [2.05, 4.69) is 22.1 Å². The smallest absolute Gasteiger partial charge is 0.352 e. The highest BCUT2D eigenvalue weighted by molar-refractivity contribution is 5.89. The maximum absolute atomic E-state index is 11.5. The molecule has 30 heavy (non-hydrogen) atoms. The molecule has 0 aliphatic carbocycles. The molecule has 2 aliphatic rings. The van der Waals surface area contributed by atoms with Crippen LogP contribution in [0.1, 0.15) is 11.3 Å². The summed E-state index contributed by atoms with van der Waals surface area (Å²) in [6.45, 7) is 0.744. The van der Waals surface area contributed by atoms with E-state index in [-0.39, 0.29) is 11.8 Å². The molecule has 2 aromatic rings. The van der Waals surface area contributed by atoms with Crippen molar-refractivity contribution in [2.45, 2.75) is 12.7 Å². The lowest BCUT2D eigenvalue weighted by Gasteiger charge is -2.15. The number of hydrogen-bond acceptors (Lipinski definition) is 5. The second-order valence-corrected chi connectivity index (χ2v) is 6.72. The molecule has 4 bridgehead atoms. The molecule has 152 valence electrons. The van der Waals surface area contributed by atoms with Gasteiger partial charge in [-0.05, 0) is 29.8 Å². The minimum Gasteiger partial charge on any atom is -0.477 e. The van der Waals surface area contributed by atoms with E-state index in [4.69, 9.17) is 9.47 Å². The molecule has 0 radical (unpaired) electrons. The Bertz CT molecular complexity index is 1100. The number of nitrogens with zero attached hydrogens (tertiary/aromatic N) is 2. The number of rotatable bonds is 1. The summed E-state index contributed by atoms with van der Waals surface area (Å²) in [5.41, 5.74) is 3.20. The zero-order valence-electron chi connectivity index (χ0n) is 16.1. The van der Waals surface area contributed by atoms with Crippen molar-refractivity contribution in [2.24, 2.45) is 4.99 Å². The van der Waals surface area contributed by atoms with E-state index >= 15 is 0 Å². The van der Waals surface area contributed by atoms with Gasteiger partial charge in [0, 0.05) is 29.0 Å². The van der Waals surface area contributed by atoms with E-state index < -0.39 is 5.97 Å². The Hall–Kier alpha value is -3.84. The number of aromatic nitrogens is 1. The molecule has 0 saturated heterocycles. The molecule has 1 unspecified atom stereocenters. The van der Waals surface area contributed by atoms with Crippen molar-refractivity contribution in [3.8, 4) is 0 Å². The third kappa shape index (κ3) is 4.59. The molecular formula is C23H21N3O4. The van der Waals surface area contributed by atoms with Crippen LogP contribution in [-0.4, -0.2) is 40.0 Å². The highest BCUT2D eigenvalue weighted by atomic mass is 16.5. The molecule has 2 N–H and O–H groups in total. The maximum Gasteiger partial charge on any atom is 0.352 e. The number of fused-ring (bicyclic) bond motifs is 3. The summed E-state index contributed by atoms with van der Waals surface area (Å²) in [6, 6.07) is 8.13. The van der Waals surface area contributed by atoms with Crippen molar-refractivity contribution in [1.82, 2.24) is 9.88 Å². The molecule has 2 aliphatic heterocycles. The van der Waals surface area contributed by atoms with E-state index in [1.165, 1.54) is 18.9 Å². The van der Waals surface area contributed by atoms with Crippen LogP contribution in [0.25, 0.3) is 17.0 Å². The molecule has 7 heteroatoms. The minimum absolute atomic E-state index is 0.160. The first-order valence-corrected chi connectivity index (χ1v) is 9.48. The quantitative estimate of drug-likeness (QED) is 0.753. The predicted octanol–water partition coefficient (Wildman–Crippen LogP) is 3.95. The zero-order chi connectivity index (χ0) is 20.8. The zero-order valence-corrected chi connectivity index (χ0v) is 16.1. The van der Waals surface area contributed by atoms with Crippen molar-refractivity contribution >= 4 is 29.3 Å². The molecule has 1 atom stereocenters. The number of aliphatic carboxylic acids is 1. The Morgan fingerprint density at radius 3 is 3.03 bits per heavy atom. The Labute approximate surface area is 173 Å². The first-order valence-electron chi connectivity index (χ1n) is 9.48. The van der Waals surface area contributed by atoms with Gasteiger partial charge in [0.1, 0.15) is 5.70 Å². The fourth-order valence-electron chi connectivity index (χ4n) is 3.31. The Kier molecular flexibility index (Phi) is 5.91. The number of carbonyl (C=O) groups is 1. The Morgan fingerprint density at radius 1 is 1.23 bits per heavy atom. The first kappa shape index (κ1) is 19.5. The third-order valence-electron chi connectivity index (χ3n) is 4.68. The molecule has 7 nitrogen and oxygen atoms in total. The van der Waals surface area contributed by atoms with E-state index in [1.807, 2.05) is 36.4 Å². The summed E-state index contributed by atoms with van der Waals surface area (Å²) in [5.74, 6) is -1.01. The standard InChI is InChI=1S/C23H21N3O4/c27-23(28)22-13-19-14-26(22)10-9-24-16-29-11-4-2-1-3-6-17-7-5-8-21-20(17)12-18(25-21)15-30-19/h1-13,16,19,25H,14-15H2,(H,27,28). The fraction of sp³-hybridized carbons (Fsp3) is 0.130. The molecule has 1 aromatic heterocycles. The molecule has 0 fully saturated rings. The minimum atomic E-state index is -1.01. The number of aliphatic imine (C=N–C) groups is 1. The van der Waals surface area contributed by atoms with Gasteiger partial charge in [-0.15, -0.1) is 0 Å². The van der Waals surface area contributed by atoms with Crippen LogP contribution in [0.2, 0.25) is 0 Å². The molecule has 4 rings (SSSR count). The lowest BCUT2D eigenvalue weighted by molar-refractivity contribution is -0.133. The van der Waals surface area contributed by atoms with Gasteiger partial charge < -0.3 is 24.5 Å². The Balaban J connectivity index is 1.62. The summed E-state index contributed by atoms with van der Waals surface area (Å²) in [7, 11) is 0. The van der Waals surface area contributed by atoms with Crippen LogP contribution < -0.4 is 0 Å². The van der Waals surface area contributed by atoms with Gasteiger partial charge >= 0.3 is 5.97 Å². The van der Waals surface area contributed by atoms with Crippen LogP contribution in [0, 0.1) is 0 Å². The number of H-pyrrole nitrogens is 1. The van der Waals surface area contributed by atoms with Gasteiger partial charge in [0.2, 0.25) is 0 Å². The van der Waals surface area contributed by atoms with Gasteiger partial charge in [-0.3, -0.25) is 0 Å². The van der Waals surface area contributed by atoms with E-state index in [9.17, 15) is 9.90 Å². The maximum atomic E-state index is 11.5. The number of ether oxygens (including phenoxy) is 2. The van der Waals surface area contributed by atoms with Gasteiger partial charge in [-0.2, -0.15) is 0 Å². The van der Waals surface area contributed by atoms with Crippen LogP contribution in [-0.2, 0) is 20.9 Å². The van der Waals surface area contributed by atoms with Crippen LogP contribution in [0.3, 0.4) is 0 Å². The van der Waals surface area contributed by atoms with E-state index in [1.54, 1.807) is 23.3 Å². The van der Waals surface area contributed by atoms with Crippen LogP contribution in [0.4, 0.5) is 0 Å². The van der Waals surface area contributed by atoms with Crippen LogP contribution in [0.15, 0.2) is 84.0 Å². The fourth-order valence-corrected chi connectivity index (χ4v) is 3.31. The highest BCUT2D eigenvalue weighted by Crippen LogP contribution is 2.24. The average molecular weight is 403 g/mol. The summed E-state index contributed by atoms with van der Waals surface area (Å²) >= 11 is 0. The van der Waals surface area contributed by atoms with E-state index in [0.717, 1.165) is 22.2 Å². The molecule has 0 saturated carbocycles. The lowest BCUT2D eigenvalue weighted by Crippen LogP contribution is -2.23. The highest BCUT2D eigenvalue weighted by Gasteiger charge is 2.27. The largest absolute Gasteiger partial charge is 0.477 e. The van der Waals surface area contributed by atoms with Crippen LogP contribution >= 0.6 is 0 Å². The van der Waals surface area contributed by atoms with Crippen molar-refractivity contribution < 1.29 is 19.4 Å². The Morgan fingerprint density at radius 2 is 2.13 bits per heavy atom. The lowest BCUT2D eigenvalue weighted by atomic mass is 10.1. The molecule has 1 aromatic carbocycles. The van der Waals surface area contributed by atoms with Gasteiger partial charge in [0.15, 0.2) is 6.40 Å². The second kappa shape index (κ2) is 9.11. The van der Waals surface area contributed by atoms with Gasteiger partial charge in [0.05, 0.1) is 25.5 Å². The number of allylic oxidation sites excluding steroid dienone is 4. The van der Waals surface area contributed by atoms with Gasteiger partial charge in [0.25, 0.3) is 0 Å². The predicted molar refractivity (Wildman–Crippen MR) is 115 cm³/mol. The van der Waals surface area contributed by atoms with Gasteiger partial charge in [-0.1, -0.05) is 36.4 Å². The van der Waals surface area contributed by atoms with Crippen molar-refractivity contribution in [3.05, 3.63) is 90.3 Å². The molecule has 0 spiro atoms. The number of carboxylic acids is 1. The SMILES string of the molecule is O=C(O)C1=CC2CN1C=CN=COC=CC=CC=Cc1cccc3[nH]c(cc13)CO2. The molecule has 3 heterocycles. The third-order valence-corrected chi connectivity index (χ3v) is 4.68. The first-order chi connectivity index (χ1) is 14.7. The van der Waals surface area contributed by atoms with Crippen molar-refractivity contribution in [1.29, 1.82) is 0 Å². The summed E-state index contributed by atoms with van der Waals surface area (Å²) in [4.78, 5) is 20.5. The molecular weight excluding hydrogens is 382 g/mol. The van der Waals surface area contributed by atoms with E-state index in [0.29, 0.717) is 13.2 Å². The van der Waals surface area contributed by atoms with Crippen molar-refractivity contribution in [2.75, 3.05) is 6.54 Å². The monoisotopic (exact) mass is 403 g/mol. The number of nitrogens with one attached hydrogen (secondary N) is 1. The number of hydrogen-bond donors (Lipinski definition) is 2. The normalized spacial score (nSPS) is 19.3. The summed E-state index contributed by atoms with van der Waals surface area (Å²) < 4.78 is 11.1. The topological polar surface area (TPSA) is 87.1 Å². The summed E-state index contributed by atoms with van der Waals surface area (Å²) in [5, 5.41) is 10.6. The number of aromatic amines is 1. The average Bonchev–Trinajstić information content (AvgIpc) is 3.34.